The van der Waals surface area contributed by atoms with Gasteiger partial charge in [-0.3, -0.25) is 0 Å². The SMILES string of the molecule is C=CCC(CC=C)C(O)COC(C)COC(C)CO. The van der Waals surface area contributed by atoms with E-state index in [9.17, 15) is 5.11 Å². The minimum atomic E-state index is -0.534. The molecule has 0 aromatic rings. The summed E-state index contributed by atoms with van der Waals surface area (Å²) >= 11 is 0. The fourth-order valence-electron chi connectivity index (χ4n) is 1.64. The first-order valence-electron chi connectivity index (χ1n) is 6.79. The minimum absolute atomic E-state index is 0.00388. The van der Waals surface area contributed by atoms with Gasteiger partial charge in [0.25, 0.3) is 0 Å². The second-order valence-corrected chi connectivity index (χ2v) is 4.85. The molecule has 0 fully saturated rings. The Balaban J connectivity index is 3.94. The van der Waals surface area contributed by atoms with Crippen LogP contribution in [0.4, 0.5) is 0 Å². The second kappa shape index (κ2) is 11.2. The van der Waals surface area contributed by atoms with Crippen molar-refractivity contribution in [2.24, 2.45) is 5.92 Å². The molecule has 0 rings (SSSR count). The van der Waals surface area contributed by atoms with Crippen LogP contribution in [-0.2, 0) is 9.47 Å². The molecule has 0 bridgehead atoms. The van der Waals surface area contributed by atoms with Crippen molar-refractivity contribution in [3.05, 3.63) is 25.3 Å². The van der Waals surface area contributed by atoms with E-state index in [-0.39, 0.29) is 31.3 Å². The van der Waals surface area contributed by atoms with Gasteiger partial charge in [0.05, 0.1) is 38.1 Å². The second-order valence-electron chi connectivity index (χ2n) is 4.85. The predicted molar refractivity (Wildman–Crippen MR) is 77.0 cm³/mol. The van der Waals surface area contributed by atoms with E-state index in [2.05, 4.69) is 13.2 Å². The van der Waals surface area contributed by atoms with Crippen LogP contribution < -0.4 is 0 Å². The van der Waals surface area contributed by atoms with Gasteiger partial charge in [-0.05, 0) is 32.6 Å². The highest BCUT2D eigenvalue weighted by Crippen LogP contribution is 2.16. The summed E-state index contributed by atoms with van der Waals surface area (Å²) in [5, 5.41) is 18.9. The van der Waals surface area contributed by atoms with Gasteiger partial charge in [0.2, 0.25) is 0 Å². The van der Waals surface area contributed by atoms with E-state index in [0.717, 1.165) is 12.8 Å². The van der Waals surface area contributed by atoms with Gasteiger partial charge >= 0.3 is 0 Å². The van der Waals surface area contributed by atoms with Gasteiger partial charge in [-0.2, -0.15) is 0 Å². The van der Waals surface area contributed by atoms with Crippen LogP contribution in [0.15, 0.2) is 25.3 Å². The van der Waals surface area contributed by atoms with Gasteiger partial charge in [0.1, 0.15) is 0 Å². The first-order chi connectivity index (χ1) is 9.04. The Kier molecular flexibility index (Phi) is 10.8. The van der Waals surface area contributed by atoms with Gasteiger partial charge < -0.3 is 19.7 Å². The Labute approximate surface area is 116 Å². The molecule has 0 spiro atoms. The van der Waals surface area contributed by atoms with Crippen molar-refractivity contribution in [3.63, 3.8) is 0 Å². The zero-order valence-electron chi connectivity index (χ0n) is 12.1. The smallest absolute Gasteiger partial charge is 0.0807 e. The van der Waals surface area contributed by atoms with Gasteiger partial charge in [-0.15, -0.1) is 13.2 Å². The van der Waals surface area contributed by atoms with Crippen molar-refractivity contribution in [2.45, 2.75) is 45.0 Å². The van der Waals surface area contributed by atoms with Crippen molar-refractivity contribution in [2.75, 3.05) is 19.8 Å². The van der Waals surface area contributed by atoms with Crippen LogP contribution in [0.3, 0.4) is 0 Å². The average Bonchev–Trinajstić information content (AvgIpc) is 2.41. The Morgan fingerprint density at radius 2 is 1.53 bits per heavy atom. The van der Waals surface area contributed by atoms with Crippen molar-refractivity contribution in [3.8, 4) is 0 Å². The summed E-state index contributed by atoms with van der Waals surface area (Å²) in [5.74, 6) is 0.0967. The maximum Gasteiger partial charge on any atom is 0.0807 e. The van der Waals surface area contributed by atoms with Crippen LogP contribution in [-0.4, -0.2) is 48.3 Å². The molecular weight excluding hydrogens is 244 g/mol. The first-order valence-corrected chi connectivity index (χ1v) is 6.79. The molecule has 112 valence electrons. The summed E-state index contributed by atoms with van der Waals surface area (Å²) in [5.41, 5.74) is 0. The Morgan fingerprint density at radius 3 is 2.00 bits per heavy atom. The Bertz CT molecular complexity index is 232. The van der Waals surface area contributed by atoms with Crippen LogP contribution in [0.5, 0.6) is 0 Å². The Morgan fingerprint density at radius 1 is 1.00 bits per heavy atom. The van der Waals surface area contributed by atoms with E-state index in [1.807, 2.05) is 6.92 Å². The molecule has 4 nitrogen and oxygen atoms in total. The molecule has 2 N–H and O–H groups in total. The average molecular weight is 272 g/mol. The normalized spacial score (nSPS) is 16.1. The molecule has 0 aliphatic rings. The first kappa shape index (κ1) is 18.3. The van der Waals surface area contributed by atoms with Crippen LogP contribution in [0.1, 0.15) is 26.7 Å². The lowest BCUT2D eigenvalue weighted by Crippen LogP contribution is -2.30. The highest BCUT2D eigenvalue weighted by Gasteiger charge is 2.18. The standard InChI is InChI=1S/C15H28O4/c1-5-7-14(8-6-2)15(17)11-19-13(4)10-18-12(3)9-16/h5-6,12-17H,1-2,7-11H2,3-4H3. The zero-order chi connectivity index (χ0) is 14.7. The van der Waals surface area contributed by atoms with Gasteiger partial charge in [-0.1, -0.05) is 12.2 Å². The van der Waals surface area contributed by atoms with Crippen molar-refractivity contribution in [1.82, 2.24) is 0 Å². The zero-order valence-corrected chi connectivity index (χ0v) is 12.1. The molecule has 0 saturated heterocycles. The summed E-state index contributed by atoms with van der Waals surface area (Å²) < 4.78 is 10.9. The molecule has 0 radical (unpaired) electrons. The van der Waals surface area contributed by atoms with Crippen LogP contribution in [0.25, 0.3) is 0 Å². The van der Waals surface area contributed by atoms with Crippen LogP contribution in [0.2, 0.25) is 0 Å². The fourth-order valence-corrected chi connectivity index (χ4v) is 1.64. The third-order valence-corrected chi connectivity index (χ3v) is 2.91. The summed E-state index contributed by atoms with van der Waals surface area (Å²) in [6, 6.07) is 0. The molecule has 0 heterocycles. The van der Waals surface area contributed by atoms with Gasteiger partial charge in [-0.25, -0.2) is 0 Å². The minimum Gasteiger partial charge on any atom is -0.394 e. The molecule has 3 unspecified atom stereocenters. The van der Waals surface area contributed by atoms with Crippen molar-refractivity contribution < 1.29 is 19.7 Å². The number of hydrogen-bond acceptors (Lipinski definition) is 4. The van der Waals surface area contributed by atoms with E-state index in [0.29, 0.717) is 6.61 Å². The number of rotatable bonds is 12. The van der Waals surface area contributed by atoms with Gasteiger partial charge in [0.15, 0.2) is 0 Å². The highest BCUT2D eigenvalue weighted by atomic mass is 16.5. The summed E-state index contributed by atoms with van der Waals surface area (Å²) in [7, 11) is 0. The summed E-state index contributed by atoms with van der Waals surface area (Å²) in [6.07, 6.45) is 4.24. The largest absolute Gasteiger partial charge is 0.394 e. The van der Waals surface area contributed by atoms with E-state index in [1.54, 1.807) is 19.1 Å². The van der Waals surface area contributed by atoms with Crippen LogP contribution >= 0.6 is 0 Å². The fraction of sp³-hybridized carbons (Fsp3) is 0.733. The lowest BCUT2D eigenvalue weighted by Gasteiger charge is -2.23. The number of ether oxygens (including phenoxy) is 2. The molecular formula is C15H28O4. The molecule has 0 amide bonds. The number of hydrogen-bond donors (Lipinski definition) is 2. The van der Waals surface area contributed by atoms with Gasteiger partial charge in [0, 0.05) is 0 Å². The maximum atomic E-state index is 10.0. The number of aliphatic hydroxyl groups excluding tert-OH is 2. The van der Waals surface area contributed by atoms with Crippen molar-refractivity contribution in [1.29, 1.82) is 0 Å². The molecule has 3 atom stereocenters. The molecule has 0 aliphatic carbocycles. The lowest BCUT2D eigenvalue weighted by atomic mass is 9.95. The van der Waals surface area contributed by atoms with E-state index in [4.69, 9.17) is 14.6 Å². The predicted octanol–water partition coefficient (Wildman–Crippen LogP) is 1.92. The van der Waals surface area contributed by atoms with E-state index >= 15 is 0 Å². The maximum absolute atomic E-state index is 10.0. The molecule has 0 aliphatic heterocycles. The monoisotopic (exact) mass is 272 g/mol. The van der Waals surface area contributed by atoms with Crippen molar-refractivity contribution >= 4 is 0 Å². The van der Waals surface area contributed by atoms with E-state index in [1.165, 1.54) is 0 Å². The number of allylic oxidation sites excluding steroid dienone is 2. The quantitative estimate of drug-likeness (QED) is 0.533. The number of aliphatic hydroxyl groups is 2. The molecule has 0 saturated carbocycles. The molecule has 19 heavy (non-hydrogen) atoms. The van der Waals surface area contributed by atoms with Crippen LogP contribution in [0, 0.1) is 5.92 Å². The lowest BCUT2D eigenvalue weighted by molar-refractivity contribution is -0.0730. The van der Waals surface area contributed by atoms with E-state index < -0.39 is 6.10 Å². The third-order valence-electron chi connectivity index (χ3n) is 2.91. The molecule has 0 aromatic carbocycles. The summed E-state index contributed by atoms with van der Waals surface area (Å²) in [6.45, 7) is 11.7. The Hall–Kier alpha value is -0.680. The topological polar surface area (TPSA) is 58.9 Å². The third kappa shape index (κ3) is 8.94. The molecule has 0 aromatic heterocycles. The molecule has 4 heteroatoms. The summed E-state index contributed by atoms with van der Waals surface area (Å²) in [4.78, 5) is 0. The highest BCUT2D eigenvalue weighted by molar-refractivity contribution is 4.83.